The molecule has 0 aliphatic carbocycles. The van der Waals surface area contributed by atoms with Gasteiger partial charge in [0.1, 0.15) is 6.61 Å². The first-order valence-corrected chi connectivity index (χ1v) is 8.91. The maximum atomic E-state index is 12.7. The van der Waals surface area contributed by atoms with E-state index in [0.717, 1.165) is 18.8 Å². The molecule has 0 bridgehead atoms. The summed E-state index contributed by atoms with van der Waals surface area (Å²) in [6.45, 7) is 2.88. The predicted octanol–water partition coefficient (Wildman–Crippen LogP) is 2.96. The molecule has 0 spiro atoms. The lowest BCUT2D eigenvalue weighted by atomic mass is 10.2. The first-order valence-electron chi connectivity index (χ1n) is 8.53. The van der Waals surface area contributed by atoms with Crippen LogP contribution in [0.2, 0.25) is 5.02 Å². The topological polar surface area (TPSA) is 60.0 Å². The molecule has 1 fully saturated rings. The number of carbonyl (C=O) groups is 1. The second-order valence-electron chi connectivity index (χ2n) is 6.09. The molecule has 6 nitrogen and oxygen atoms in total. The van der Waals surface area contributed by atoms with Gasteiger partial charge in [0.25, 0.3) is 5.91 Å². The average Bonchev–Trinajstić information content (AvgIpc) is 2.68. The molecule has 7 heteroatoms. The maximum Gasteiger partial charge on any atom is 0.269 e. The highest BCUT2D eigenvalue weighted by atomic mass is 35.5. The van der Waals surface area contributed by atoms with Crippen molar-refractivity contribution < 1.29 is 19.0 Å². The summed E-state index contributed by atoms with van der Waals surface area (Å²) in [7, 11) is 0. The number of ether oxygens (including phenoxy) is 3. The Bertz CT molecular complexity index is 808. The minimum Gasteiger partial charge on any atom is -0.485 e. The van der Waals surface area contributed by atoms with Crippen molar-refractivity contribution in [2.75, 3.05) is 43.1 Å². The molecule has 0 unspecified atom stereocenters. The molecule has 1 saturated heterocycles. The van der Waals surface area contributed by atoms with Crippen molar-refractivity contribution in [3.05, 3.63) is 47.5 Å². The molecule has 1 N–H and O–H groups in total. The Morgan fingerprint density at radius 3 is 2.65 bits per heavy atom. The van der Waals surface area contributed by atoms with Crippen LogP contribution in [0.5, 0.6) is 11.5 Å². The van der Waals surface area contributed by atoms with Crippen LogP contribution in [0.15, 0.2) is 42.5 Å². The largest absolute Gasteiger partial charge is 0.485 e. The molecular formula is C19H19ClN2O4. The van der Waals surface area contributed by atoms with Crippen molar-refractivity contribution in [3.8, 4) is 11.5 Å². The van der Waals surface area contributed by atoms with Crippen molar-refractivity contribution in [2.45, 2.75) is 6.10 Å². The van der Waals surface area contributed by atoms with Crippen LogP contribution >= 0.6 is 11.6 Å². The maximum absolute atomic E-state index is 12.7. The molecule has 2 aromatic rings. The molecule has 1 amide bonds. The fraction of sp³-hybridized carbons (Fsp3) is 0.316. The van der Waals surface area contributed by atoms with Crippen LogP contribution in [-0.2, 0) is 9.53 Å². The van der Waals surface area contributed by atoms with Gasteiger partial charge in [-0.05, 0) is 24.3 Å². The SMILES string of the molecule is O=C(Nc1cccc(Cl)c1N1CCOCC1)[C@H]1COc2ccccc2O1. The normalized spacial score (nSPS) is 19.1. The molecule has 0 saturated carbocycles. The number of nitrogens with zero attached hydrogens (tertiary/aromatic N) is 1. The molecule has 0 radical (unpaired) electrons. The molecule has 4 rings (SSSR count). The van der Waals surface area contributed by atoms with Gasteiger partial charge in [0.2, 0.25) is 6.10 Å². The summed E-state index contributed by atoms with van der Waals surface area (Å²) in [6.07, 6.45) is -0.721. The average molecular weight is 375 g/mol. The summed E-state index contributed by atoms with van der Waals surface area (Å²) in [5.41, 5.74) is 1.47. The monoisotopic (exact) mass is 374 g/mol. The van der Waals surface area contributed by atoms with E-state index in [4.69, 9.17) is 25.8 Å². The van der Waals surface area contributed by atoms with Crippen molar-refractivity contribution in [2.24, 2.45) is 0 Å². The fourth-order valence-corrected chi connectivity index (χ4v) is 3.38. The van der Waals surface area contributed by atoms with Crippen molar-refractivity contribution in [1.29, 1.82) is 0 Å². The number of halogens is 1. The summed E-state index contributed by atoms with van der Waals surface area (Å²) >= 11 is 6.41. The summed E-state index contributed by atoms with van der Waals surface area (Å²) in [5, 5.41) is 3.53. The van der Waals surface area contributed by atoms with Gasteiger partial charge in [0, 0.05) is 13.1 Å². The fourth-order valence-electron chi connectivity index (χ4n) is 3.09. The third-order valence-corrected chi connectivity index (χ3v) is 4.68. The van der Waals surface area contributed by atoms with Crippen molar-refractivity contribution in [3.63, 3.8) is 0 Å². The smallest absolute Gasteiger partial charge is 0.269 e. The second-order valence-corrected chi connectivity index (χ2v) is 6.50. The number of para-hydroxylation sites is 3. The quantitative estimate of drug-likeness (QED) is 0.895. The minimum absolute atomic E-state index is 0.163. The highest BCUT2D eigenvalue weighted by Crippen LogP contribution is 2.35. The van der Waals surface area contributed by atoms with Crippen LogP contribution in [0.1, 0.15) is 0 Å². The summed E-state index contributed by atoms with van der Waals surface area (Å²) in [4.78, 5) is 14.8. The van der Waals surface area contributed by atoms with Crippen LogP contribution in [0.4, 0.5) is 11.4 Å². The first-order chi connectivity index (χ1) is 12.7. The molecule has 26 heavy (non-hydrogen) atoms. The van der Waals surface area contributed by atoms with Gasteiger partial charge in [-0.3, -0.25) is 4.79 Å². The van der Waals surface area contributed by atoms with E-state index in [1.807, 2.05) is 36.4 Å². The lowest BCUT2D eigenvalue weighted by Gasteiger charge is -2.32. The molecule has 2 aliphatic heterocycles. The van der Waals surface area contributed by atoms with Crippen LogP contribution < -0.4 is 19.7 Å². The Kier molecular flexibility index (Phi) is 4.86. The molecular weight excluding hydrogens is 356 g/mol. The number of nitrogens with one attached hydrogen (secondary N) is 1. The van der Waals surface area contributed by atoms with Gasteiger partial charge in [-0.15, -0.1) is 0 Å². The van der Waals surface area contributed by atoms with Crippen LogP contribution in [-0.4, -0.2) is 44.9 Å². The number of benzene rings is 2. The summed E-state index contributed by atoms with van der Waals surface area (Å²) in [5.74, 6) is 0.947. The zero-order chi connectivity index (χ0) is 17.9. The highest BCUT2D eigenvalue weighted by Gasteiger charge is 2.28. The predicted molar refractivity (Wildman–Crippen MR) is 99.5 cm³/mol. The second kappa shape index (κ2) is 7.43. The number of fused-ring (bicyclic) bond motifs is 1. The Morgan fingerprint density at radius 2 is 1.85 bits per heavy atom. The van der Waals surface area contributed by atoms with Crippen LogP contribution in [0.3, 0.4) is 0 Å². The Hall–Kier alpha value is -2.44. The van der Waals surface area contributed by atoms with Gasteiger partial charge in [0.05, 0.1) is 29.6 Å². The first kappa shape index (κ1) is 17.0. The van der Waals surface area contributed by atoms with E-state index in [-0.39, 0.29) is 12.5 Å². The highest BCUT2D eigenvalue weighted by molar-refractivity contribution is 6.34. The van der Waals surface area contributed by atoms with E-state index in [1.165, 1.54) is 0 Å². The van der Waals surface area contributed by atoms with Crippen LogP contribution in [0.25, 0.3) is 0 Å². The van der Waals surface area contributed by atoms with Gasteiger partial charge in [-0.1, -0.05) is 29.8 Å². The Labute approximate surface area is 156 Å². The van der Waals surface area contributed by atoms with E-state index in [1.54, 1.807) is 6.07 Å². The summed E-state index contributed by atoms with van der Waals surface area (Å²) < 4.78 is 16.8. The van der Waals surface area contributed by atoms with E-state index in [9.17, 15) is 4.79 Å². The van der Waals surface area contributed by atoms with E-state index < -0.39 is 6.10 Å². The van der Waals surface area contributed by atoms with Crippen molar-refractivity contribution >= 4 is 28.9 Å². The van der Waals surface area contributed by atoms with Gasteiger partial charge in [-0.2, -0.15) is 0 Å². The number of anilines is 2. The van der Waals surface area contributed by atoms with Crippen LogP contribution in [0, 0.1) is 0 Å². The number of amides is 1. The molecule has 2 heterocycles. The number of hydrogen-bond donors (Lipinski definition) is 1. The number of rotatable bonds is 3. The van der Waals surface area contributed by atoms with E-state index >= 15 is 0 Å². The molecule has 1 atom stereocenters. The van der Waals surface area contributed by atoms with E-state index in [0.29, 0.717) is 35.4 Å². The third kappa shape index (κ3) is 3.43. The van der Waals surface area contributed by atoms with Gasteiger partial charge in [0.15, 0.2) is 11.5 Å². The number of carbonyl (C=O) groups excluding carboxylic acids is 1. The van der Waals surface area contributed by atoms with Gasteiger partial charge >= 0.3 is 0 Å². The molecule has 2 aromatic carbocycles. The molecule has 0 aromatic heterocycles. The van der Waals surface area contributed by atoms with Gasteiger partial charge in [-0.25, -0.2) is 0 Å². The minimum atomic E-state index is -0.721. The Balaban J connectivity index is 1.52. The van der Waals surface area contributed by atoms with E-state index in [2.05, 4.69) is 10.2 Å². The summed E-state index contributed by atoms with van der Waals surface area (Å²) in [6, 6.07) is 12.8. The molecule has 2 aliphatic rings. The zero-order valence-corrected chi connectivity index (χ0v) is 14.9. The third-order valence-electron chi connectivity index (χ3n) is 4.37. The van der Waals surface area contributed by atoms with Crippen molar-refractivity contribution in [1.82, 2.24) is 0 Å². The van der Waals surface area contributed by atoms with Gasteiger partial charge < -0.3 is 24.4 Å². The number of morpholine rings is 1. The zero-order valence-electron chi connectivity index (χ0n) is 14.1. The lowest BCUT2D eigenvalue weighted by Crippen LogP contribution is -2.41. The molecule has 136 valence electrons. The standard InChI is InChI=1S/C19H19ClN2O4/c20-13-4-3-5-14(18(13)22-8-10-24-11-9-22)21-19(23)17-12-25-15-6-1-2-7-16(15)26-17/h1-7,17H,8-12H2,(H,21,23)/t17-/m1/s1. The Morgan fingerprint density at radius 1 is 1.08 bits per heavy atom. The lowest BCUT2D eigenvalue weighted by molar-refractivity contribution is -0.125. The number of hydrogen-bond acceptors (Lipinski definition) is 5.